The van der Waals surface area contributed by atoms with Crippen molar-refractivity contribution in [2.45, 2.75) is 39.3 Å². The van der Waals surface area contributed by atoms with E-state index in [2.05, 4.69) is 4.98 Å². The summed E-state index contributed by atoms with van der Waals surface area (Å²) in [6.45, 7) is 5.91. The van der Waals surface area contributed by atoms with Crippen molar-refractivity contribution in [2.24, 2.45) is 0 Å². The molecule has 1 amide bonds. The Bertz CT molecular complexity index is 1300. The fourth-order valence-electron chi connectivity index (χ4n) is 4.45. The number of benzene rings is 2. The summed E-state index contributed by atoms with van der Waals surface area (Å²) in [5, 5.41) is 11.5. The third kappa shape index (κ3) is 4.54. The van der Waals surface area contributed by atoms with Crippen LogP contribution in [0.4, 0.5) is 4.39 Å². The molecular formula is C28H27FN2O4. The molecule has 7 heteroatoms. The van der Waals surface area contributed by atoms with Crippen LogP contribution in [-0.4, -0.2) is 33.8 Å². The van der Waals surface area contributed by atoms with Gasteiger partial charge in [-0.25, -0.2) is 4.39 Å². The Morgan fingerprint density at radius 3 is 2.37 bits per heavy atom. The predicted octanol–water partition coefficient (Wildman–Crippen LogP) is 5.28. The smallest absolute Gasteiger partial charge is 0.295 e. The number of ketones is 1. The number of pyridine rings is 1. The van der Waals surface area contributed by atoms with E-state index in [0.29, 0.717) is 28.0 Å². The highest BCUT2D eigenvalue weighted by Gasteiger charge is 2.46. The summed E-state index contributed by atoms with van der Waals surface area (Å²) in [6, 6.07) is 12.0. The van der Waals surface area contributed by atoms with Gasteiger partial charge in [0.2, 0.25) is 0 Å². The molecule has 0 aliphatic carbocycles. The number of aliphatic hydroxyl groups is 1. The van der Waals surface area contributed by atoms with Gasteiger partial charge in [-0.05, 0) is 71.5 Å². The molecule has 6 nitrogen and oxygen atoms in total. The monoisotopic (exact) mass is 474 g/mol. The largest absolute Gasteiger partial charge is 0.507 e. The van der Waals surface area contributed by atoms with Crippen molar-refractivity contribution >= 4 is 17.4 Å². The molecule has 1 aromatic heterocycles. The molecule has 1 aliphatic heterocycles. The van der Waals surface area contributed by atoms with Crippen molar-refractivity contribution < 1.29 is 23.8 Å². The van der Waals surface area contributed by atoms with Crippen LogP contribution in [-0.2, 0) is 16.1 Å². The van der Waals surface area contributed by atoms with Gasteiger partial charge < -0.3 is 14.7 Å². The molecule has 0 radical (unpaired) electrons. The first-order chi connectivity index (χ1) is 16.7. The van der Waals surface area contributed by atoms with Crippen molar-refractivity contribution in [3.8, 4) is 5.75 Å². The van der Waals surface area contributed by atoms with Gasteiger partial charge in [0.25, 0.3) is 11.7 Å². The summed E-state index contributed by atoms with van der Waals surface area (Å²) in [5.74, 6) is -1.34. The van der Waals surface area contributed by atoms with Gasteiger partial charge in [0, 0.05) is 24.5 Å². The minimum atomic E-state index is -0.827. The molecule has 1 N–H and O–H groups in total. The molecule has 1 unspecified atom stereocenters. The van der Waals surface area contributed by atoms with Crippen molar-refractivity contribution in [1.82, 2.24) is 9.88 Å². The number of halogens is 1. The molecule has 4 rings (SSSR count). The Hall–Kier alpha value is -4.00. The minimum absolute atomic E-state index is 0.00582. The van der Waals surface area contributed by atoms with Crippen LogP contribution >= 0.6 is 0 Å². The maximum atomic E-state index is 13.4. The zero-order valence-electron chi connectivity index (χ0n) is 20.1. The lowest BCUT2D eigenvalue weighted by atomic mass is 9.91. The van der Waals surface area contributed by atoms with Crippen LogP contribution in [0.25, 0.3) is 5.76 Å². The van der Waals surface area contributed by atoms with Gasteiger partial charge in [-0.3, -0.25) is 14.6 Å². The Balaban J connectivity index is 1.89. The number of likely N-dealkylation sites (tertiary alicyclic amines) is 1. The number of Topliss-reactive ketones (excluding diaryl/α,β-unsaturated/α-hetero) is 1. The van der Waals surface area contributed by atoms with Gasteiger partial charge in [0.1, 0.15) is 17.3 Å². The van der Waals surface area contributed by atoms with E-state index in [9.17, 15) is 19.1 Å². The van der Waals surface area contributed by atoms with Gasteiger partial charge in [-0.15, -0.1) is 0 Å². The van der Waals surface area contributed by atoms with Gasteiger partial charge in [0.05, 0.1) is 18.7 Å². The van der Waals surface area contributed by atoms with Crippen LogP contribution in [0.15, 0.2) is 66.5 Å². The van der Waals surface area contributed by atoms with E-state index in [1.54, 1.807) is 43.8 Å². The summed E-state index contributed by atoms with van der Waals surface area (Å²) < 4.78 is 18.9. The van der Waals surface area contributed by atoms with E-state index in [4.69, 9.17) is 4.74 Å². The molecule has 1 atom stereocenters. The van der Waals surface area contributed by atoms with Crippen LogP contribution in [0.5, 0.6) is 5.75 Å². The third-order valence-corrected chi connectivity index (χ3v) is 6.28. The lowest BCUT2D eigenvalue weighted by molar-refractivity contribution is -0.140. The van der Waals surface area contributed by atoms with Crippen molar-refractivity contribution in [3.05, 3.63) is 100 Å². The lowest BCUT2D eigenvalue weighted by Gasteiger charge is -2.25. The molecule has 1 fully saturated rings. The Kier molecular flexibility index (Phi) is 6.69. The summed E-state index contributed by atoms with van der Waals surface area (Å²) in [4.78, 5) is 31.9. The van der Waals surface area contributed by atoms with E-state index >= 15 is 0 Å². The Morgan fingerprint density at radius 2 is 1.77 bits per heavy atom. The number of hydrogen-bond acceptors (Lipinski definition) is 5. The van der Waals surface area contributed by atoms with Crippen LogP contribution in [0.1, 0.15) is 53.6 Å². The van der Waals surface area contributed by atoms with Gasteiger partial charge in [-0.1, -0.05) is 26.0 Å². The maximum Gasteiger partial charge on any atom is 0.295 e. The number of nitrogens with zero attached hydrogens (tertiary/aromatic N) is 2. The fraction of sp³-hybridized carbons (Fsp3) is 0.250. The fourth-order valence-corrected chi connectivity index (χ4v) is 4.45. The first-order valence-corrected chi connectivity index (χ1v) is 11.3. The van der Waals surface area contributed by atoms with Crippen LogP contribution in [0.2, 0.25) is 0 Å². The number of methoxy groups -OCH3 is 1. The van der Waals surface area contributed by atoms with Gasteiger partial charge in [0.15, 0.2) is 0 Å². The lowest BCUT2D eigenvalue weighted by Crippen LogP contribution is -2.29. The number of ether oxygens (including phenoxy) is 1. The summed E-state index contributed by atoms with van der Waals surface area (Å²) in [5.41, 5.74) is 3.36. The number of aryl methyl sites for hydroxylation is 1. The molecule has 35 heavy (non-hydrogen) atoms. The van der Waals surface area contributed by atoms with E-state index in [1.165, 1.54) is 17.0 Å². The predicted molar refractivity (Wildman–Crippen MR) is 130 cm³/mol. The average Bonchev–Trinajstić information content (AvgIpc) is 3.10. The number of aromatic nitrogens is 1. The number of rotatable bonds is 6. The first kappa shape index (κ1) is 24.1. The maximum absolute atomic E-state index is 13.4. The number of hydrogen-bond donors (Lipinski definition) is 1. The number of carbonyl (C=O) groups excluding carboxylic acids is 2. The molecule has 2 heterocycles. The molecular weight excluding hydrogens is 447 g/mol. The second-order valence-electron chi connectivity index (χ2n) is 8.90. The van der Waals surface area contributed by atoms with E-state index in [1.807, 2.05) is 32.9 Å². The molecule has 3 aromatic rings. The van der Waals surface area contributed by atoms with E-state index in [-0.39, 0.29) is 23.8 Å². The topological polar surface area (TPSA) is 79.7 Å². The van der Waals surface area contributed by atoms with Crippen molar-refractivity contribution in [1.29, 1.82) is 0 Å². The van der Waals surface area contributed by atoms with Crippen LogP contribution in [0, 0.1) is 12.7 Å². The zero-order chi connectivity index (χ0) is 25.3. The van der Waals surface area contributed by atoms with Gasteiger partial charge in [-0.2, -0.15) is 0 Å². The van der Waals surface area contributed by atoms with Crippen molar-refractivity contribution in [2.75, 3.05) is 7.11 Å². The summed E-state index contributed by atoms with van der Waals surface area (Å²) in [7, 11) is 1.59. The Labute approximate surface area is 203 Å². The number of amides is 1. The molecule has 2 aromatic carbocycles. The minimum Gasteiger partial charge on any atom is -0.507 e. The second-order valence-corrected chi connectivity index (χ2v) is 8.90. The van der Waals surface area contributed by atoms with E-state index in [0.717, 1.165) is 5.56 Å². The third-order valence-electron chi connectivity index (χ3n) is 6.28. The van der Waals surface area contributed by atoms with Crippen molar-refractivity contribution in [3.63, 3.8) is 0 Å². The molecule has 0 saturated carbocycles. The van der Waals surface area contributed by atoms with Crippen LogP contribution in [0.3, 0.4) is 0 Å². The summed E-state index contributed by atoms with van der Waals surface area (Å²) in [6.07, 6.45) is 3.14. The molecule has 180 valence electrons. The number of carbonyl (C=O) groups is 2. The molecule has 1 aliphatic rings. The zero-order valence-corrected chi connectivity index (χ0v) is 20.1. The Morgan fingerprint density at radius 1 is 1.11 bits per heavy atom. The SMILES string of the molecule is COc1cc(C)c(/C(O)=C2\C(=O)C(=O)N(Cc3ccc(F)cc3)C2c2ccncc2)cc1C(C)C. The standard InChI is InChI=1S/C28H27FN2O4/c1-16(2)21-14-22(17(3)13-23(21)35-4)26(32)24-25(19-9-11-30-12-10-19)31(28(34)27(24)33)15-18-5-7-20(29)8-6-18/h5-14,16,25,32H,15H2,1-4H3/b26-24+. The highest BCUT2D eigenvalue weighted by molar-refractivity contribution is 6.46. The quantitative estimate of drug-likeness (QED) is 0.299. The highest BCUT2D eigenvalue weighted by atomic mass is 19.1. The molecule has 0 spiro atoms. The van der Waals surface area contributed by atoms with Crippen LogP contribution < -0.4 is 4.74 Å². The van der Waals surface area contributed by atoms with E-state index < -0.39 is 23.5 Å². The highest BCUT2D eigenvalue weighted by Crippen LogP contribution is 2.41. The number of aliphatic hydroxyl groups excluding tert-OH is 1. The second kappa shape index (κ2) is 9.70. The molecule has 1 saturated heterocycles. The average molecular weight is 475 g/mol. The normalized spacial score (nSPS) is 17.3. The summed E-state index contributed by atoms with van der Waals surface area (Å²) >= 11 is 0. The molecule has 0 bridgehead atoms. The van der Waals surface area contributed by atoms with Gasteiger partial charge >= 0.3 is 0 Å². The first-order valence-electron chi connectivity index (χ1n) is 11.3.